The average Bonchev–Trinajstić information content (AvgIpc) is 3.21. The van der Waals surface area contributed by atoms with Crippen LogP contribution in [0.2, 0.25) is 5.28 Å². The SMILES string of the molecule is CC1(Cn2cc([N+](=O)[O-])nc2Cl)CN(c2cccc(-c3cccc(O)c3)c2)C(=O)O1. The van der Waals surface area contributed by atoms with Gasteiger partial charge in [-0.3, -0.25) is 9.47 Å². The Bertz CT molecular complexity index is 1150. The van der Waals surface area contributed by atoms with Gasteiger partial charge in [-0.25, -0.2) is 4.79 Å². The van der Waals surface area contributed by atoms with Gasteiger partial charge in [0.05, 0.1) is 13.1 Å². The number of benzene rings is 2. The number of amides is 1. The molecule has 1 aliphatic heterocycles. The molecule has 1 atom stereocenters. The smallest absolute Gasteiger partial charge is 0.415 e. The van der Waals surface area contributed by atoms with Crippen molar-refractivity contribution in [2.24, 2.45) is 0 Å². The largest absolute Gasteiger partial charge is 0.508 e. The Morgan fingerprint density at radius 1 is 1.27 bits per heavy atom. The number of nitrogens with zero attached hydrogens (tertiary/aromatic N) is 4. The maximum atomic E-state index is 12.6. The summed E-state index contributed by atoms with van der Waals surface area (Å²) in [5.74, 6) is -0.221. The third-order valence-corrected chi connectivity index (χ3v) is 5.09. The number of phenolic OH excluding ortho intramolecular Hbond substituents is 1. The number of rotatable bonds is 5. The Morgan fingerprint density at radius 2 is 1.97 bits per heavy atom. The van der Waals surface area contributed by atoms with Crippen LogP contribution in [0.1, 0.15) is 6.92 Å². The number of nitro groups is 1. The minimum atomic E-state index is -0.962. The highest BCUT2D eigenvalue weighted by Gasteiger charge is 2.43. The van der Waals surface area contributed by atoms with Gasteiger partial charge in [0.15, 0.2) is 0 Å². The van der Waals surface area contributed by atoms with E-state index in [0.717, 1.165) is 11.1 Å². The molecule has 1 unspecified atom stereocenters. The van der Waals surface area contributed by atoms with Crippen LogP contribution in [0.3, 0.4) is 0 Å². The number of aromatic hydroxyl groups is 1. The van der Waals surface area contributed by atoms with Crippen LogP contribution in [0.15, 0.2) is 54.7 Å². The molecule has 1 aliphatic rings. The van der Waals surface area contributed by atoms with E-state index in [-0.39, 0.29) is 29.9 Å². The van der Waals surface area contributed by atoms with Gasteiger partial charge in [0.25, 0.3) is 0 Å². The second-order valence-electron chi connectivity index (χ2n) is 7.26. The molecule has 4 rings (SSSR count). The zero-order valence-electron chi connectivity index (χ0n) is 15.9. The molecule has 30 heavy (non-hydrogen) atoms. The van der Waals surface area contributed by atoms with E-state index in [1.54, 1.807) is 31.2 Å². The van der Waals surface area contributed by atoms with E-state index in [2.05, 4.69) is 4.98 Å². The molecule has 0 radical (unpaired) electrons. The van der Waals surface area contributed by atoms with E-state index in [4.69, 9.17) is 16.3 Å². The monoisotopic (exact) mass is 428 g/mol. The van der Waals surface area contributed by atoms with Gasteiger partial charge >= 0.3 is 17.2 Å². The molecule has 1 fully saturated rings. The molecule has 9 nitrogen and oxygen atoms in total. The quantitative estimate of drug-likeness (QED) is 0.480. The van der Waals surface area contributed by atoms with Crippen molar-refractivity contribution in [1.82, 2.24) is 9.55 Å². The van der Waals surface area contributed by atoms with Gasteiger partial charge in [-0.1, -0.05) is 24.3 Å². The number of phenols is 1. The van der Waals surface area contributed by atoms with Gasteiger partial charge in [0, 0.05) is 5.69 Å². The number of carbonyl (C=O) groups is 1. The van der Waals surface area contributed by atoms with Crippen LogP contribution in [0, 0.1) is 10.1 Å². The third kappa shape index (κ3) is 3.79. The van der Waals surface area contributed by atoms with Crippen molar-refractivity contribution in [3.63, 3.8) is 0 Å². The molecule has 0 aliphatic carbocycles. The highest BCUT2D eigenvalue weighted by Crippen LogP contribution is 2.33. The minimum absolute atomic E-state index is 0.0525. The average molecular weight is 429 g/mol. The lowest BCUT2D eigenvalue weighted by Gasteiger charge is -2.22. The van der Waals surface area contributed by atoms with Gasteiger partial charge in [-0.15, -0.1) is 0 Å². The summed E-state index contributed by atoms with van der Waals surface area (Å²) in [5, 5.41) is 20.6. The van der Waals surface area contributed by atoms with Crippen LogP contribution in [0.4, 0.5) is 16.3 Å². The second kappa shape index (κ2) is 7.34. The number of imidazole rings is 1. The van der Waals surface area contributed by atoms with E-state index in [1.165, 1.54) is 15.7 Å². The first kappa shape index (κ1) is 19.7. The molecule has 0 spiro atoms. The van der Waals surface area contributed by atoms with Gasteiger partial charge in [0.2, 0.25) is 0 Å². The van der Waals surface area contributed by atoms with Gasteiger partial charge < -0.3 is 20.0 Å². The molecule has 1 aromatic heterocycles. The van der Waals surface area contributed by atoms with Crippen molar-refractivity contribution in [2.75, 3.05) is 11.4 Å². The predicted octanol–water partition coefficient (Wildman–Crippen LogP) is 4.23. The first-order valence-electron chi connectivity index (χ1n) is 9.01. The topological polar surface area (TPSA) is 111 Å². The van der Waals surface area contributed by atoms with Crippen molar-refractivity contribution >= 4 is 29.2 Å². The third-order valence-electron chi connectivity index (χ3n) is 4.79. The van der Waals surface area contributed by atoms with Crippen LogP contribution in [0.5, 0.6) is 5.75 Å². The molecule has 3 aromatic rings. The fourth-order valence-corrected chi connectivity index (χ4v) is 3.65. The number of cyclic esters (lactones) is 1. The fourth-order valence-electron chi connectivity index (χ4n) is 3.45. The lowest BCUT2D eigenvalue weighted by Crippen LogP contribution is -2.35. The number of carbonyl (C=O) groups excluding carboxylic acids is 1. The van der Waals surface area contributed by atoms with Crippen molar-refractivity contribution in [2.45, 2.75) is 19.1 Å². The van der Waals surface area contributed by atoms with Crippen LogP contribution in [-0.4, -0.2) is 37.8 Å². The molecule has 2 heterocycles. The highest BCUT2D eigenvalue weighted by molar-refractivity contribution is 6.28. The molecule has 10 heteroatoms. The summed E-state index contributed by atoms with van der Waals surface area (Å²) in [6, 6.07) is 14.1. The van der Waals surface area contributed by atoms with E-state index >= 15 is 0 Å². The summed E-state index contributed by atoms with van der Waals surface area (Å²) in [7, 11) is 0. The molecule has 2 aromatic carbocycles. The van der Waals surface area contributed by atoms with E-state index in [9.17, 15) is 20.0 Å². The summed E-state index contributed by atoms with van der Waals surface area (Å²) in [6.45, 7) is 2.06. The highest BCUT2D eigenvalue weighted by atomic mass is 35.5. The Kier molecular flexibility index (Phi) is 4.83. The normalized spacial score (nSPS) is 18.5. The van der Waals surface area contributed by atoms with Crippen molar-refractivity contribution < 1.29 is 19.6 Å². The molecule has 1 N–H and O–H groups in total. The Labute approximate surface area is 176 Å². The molecular weight excluding hydrogens is 412 g/mol. The maximum Gasteiger partial charge on any atom is 0.415 e. The zero-order valence-corrected chi connectivity index (χ0v) is 16.6. The summed E-state index contributed by atoms with van der Waals surface area (Å²) in [5.41, 5.74) is 1.31. The maximum absolute atomic E-state index is 12.6. The number of anilines is 1. The van der Waals surface area contributed by atoms with Crippen LogP contribution in [0.25, 0.3) is 11.1 Å². The molecular formula is C20H17ClN4O5. The number of ether oxygens (including phenoxy) is 1. The van der Waals surface area contributed by atoms with Crippen molar-refractivity contribution in [3.05, 3.63) is 70.1 Å². The fraction of sp³-hybridized carbons (Fsp3) is 0.200. The lowest BCUT2D eigenvalue weighted by atomic mass is 10.0. The number of aromatic nitrogens is 2. The van der Waals surface area contributed by atoms with Crippen LogP contribution < -0.4 is 4.90 Å². The summed E-state index contributed by atoms with van der Waals surface area (Å²) in [6.07, 6.45) is 0.684. The molecule has 1 amide bonds. The van der Waals surface area contributed by atoms with Gasteiger partial charge in [-0.05, 0) is 63.8 Å². The first-order valence-corrected chi connectivity index (χ1v) is 9.39. The van der Waals surface area contributed by atoms with Gasteiger partial charge in [0.1, 0.15) is 17.5 Å². The van der Waals surface area contributed by atoms with E-state index < -0.39 is 16.6 Å². The molecule has 154 valence electrons. The number of halogens is 1. The number of hydrogen-bond donors (Lipinski definition) is 1. The Morgan fingerprint density at radius 3 is 2.63 bits per heavy atom. The Hall–Kier alpha value is -3.59. The minimum Gasteiger partial charge on any atom is -0.508 e. The van der Waals surface area contributed by atoms with Crippen LogP contribution >= 0.6 is 11.6 Å². The molecule has 1 saturated heterocycles. The Balaban J connectivity index is 1.58. The van der Waals surface area contributed by atoms with Gasteiger partial charge in [-0.2, -0.15) is 0 Å². The summed E-state index contributed by atoms with van der Waals surface area (Å²) < 4.78 is 6.97. The zero-order chi connectivity index (χ0) is 21.5. The van der Waals surface area contributed by atoms with Crippen LogP contribution in [-0.2, 0) is 11.3 Å². The van der Waals surface area contributed by atoms with Crippen molar-refractivity contribution in [3.8, 4) is 16.9 Å². The molecule has 0 saturated carbocycles. The van der Waals surface area contributed by atoms with E-state index in [0.29, 0.717) is 5.69 Å². The van der Waals surface area contributed by atoms with E-state index in [1.807, 2.05) is 24.3 Å². The summed E-state index contributed by atoms with van der Waals surface area (Å²) in [4.78, 5) is 28.0. The predicted molar refractivity (Wildman–Crippen MR) is 110 cm³/mol. The second-order valence-corrected chi connectivity index (χ2v) is 7.60. The first-order chi connectivity index (χ1) is 14.2. The number of hydrogen-bond acceptors (Lipinski definition) is 6. The lowest BCUT2D eigenvalue weighted by molar-refractivity contribution is -0.389. The summed E-state index contributed by atoms with van der Waals surface area (Å²) >= 11 is 5.99. The molecule has 0 bridgehead atoms. The standard InChI is InChI=1S/C20H17ClN4O5/c1-20(11-23-10-17(25(28)29)22-18(23)21)12-24(19(27)30-20)15-6-2-4-13(8-15)14-5-3-7-16(26)9-14/h2-10,26H,11-12H2,1H3. The van der Waals surface area contributed by atoms with Crippen molar-refractivity contribution in [1.29, 1.82) is 0 Å².